The van der Waals surface area contributed by atoms with Crippen LogP contribution in [0, 0.1) is 5.92 Å². The molecule has 0 fully saturated rings. The van der Waals surface area contributed by atoms with Crippen molar-refractivity contribution >= 4 is 5.78 Å². The molecule has 0 aliphatic carbocycles. The summed E-state index contributed by atoms with van der Waals surface area (Å²) < 4.78 is 0. The van der Waals surface area contributed by atoms with Gasteiger partial charge in [0.1, 0.15) is 5.78 Å². The molecule has 1 atom stereocenters. The summed E-state index contributed by atoms with van der Waals surface area (Å²) in [4.78, 5) is 12.1. The highest BCUT2D eigenvalue weighted by Gasteiger charge is 2.14. The molecule has 148 valence electrons. The monoisotopic (exact) mass is 350 g/mol. The molecule has 0 rings (SSSR count). The summed E-state index contributed by atoms with van der Waals surface area (Å²) in [5, 5.41) is 0. The van der Waals surface area contributed by atoms with Gasteiger partial charge >= 0.3 is 0 Å². The summed E-state index contributed by atoms with van der Waals surface area (Å²) in [7, 11) is 0. The molecule has 0 aromatic heterocycles. The first-order valence-corrected chi connectivity index (χ1v) is 11.4. The molecule has 0 bridgehead atoms. The van der Waals surface area contributed by atoms with E-state index in [9.17, 15) is 4.79 Å². The van der Waals surface area contributed by atoms with Gasteiger partial charge in [0, 0.05) is 12.3 Å². The zero-order valence-electron chi connectivity index (χ0n) is 17.7. The second-order valence-corrected chi connectivity index (χ2v) is 7.69. The van der Waals surface area contributed by atoms with Crippen molar-refractivity contribution in [3.8, 4) is 0 Å². The van der Waals surface area contributed by atoms with Crippen molar-refractivity contribution in [2.24, 2.45) is 5.92 Å². The van der Waals surface area contributed by atoms with Gasteiger partial charge < -0.3 is 0 Å². The fourth-order valence-electron chi connectivity index (χ4n) is 3.52. The number of allylic oxidation sites excluding steroid dienone is 2. The summed E-state index contributed by atoms with van der Waals surface area (Å²) in [5.74, 6) is 0.851. The van der Waals surface area contributed by atoms with E-state index >= 15 is 0 Å². The lowest BCUT2D eigenvalue weighted by atomic mass is 9.92. The molecular weight excluding hydrogens is 304 g/mol. The van der Waals surface area contributed by atoms with Crippen molar-refractivity contribution in [1.29, 1.82) is 0 Å². The van der Waals surface area contributed by atoms with E-state index in [0.717, 1.165) is 32.1 Å². The SMILES string of the molecule is CCCCCCCC/C=C/CCCCCCCC(=O)C(CC)CCC. The van der Waals surface area contributed by atoms with Crippen LogP contribution < -0.4 is 0 Å². The number of rotatable bonds is 19. The Hall–Kier alpha value is -0.590. The van der Waals surface area contributed by atoms with E-state index in [1.165, 1.54) is 77.0 Å². The average molecular weight is 351 g/mol. The quantitative estimate of drug-likeness (QED) is 0.169. The van der Waals surface area contributed by atoms with Crippen LogP contribution in [-0.4, -0.2) is 5.78 Å². The largest absolute Gasteiger partial charge is 0.299 e. The fourth-order valence-corrected chi connectivity index (χ4v) is 3.52. The molecule has 1 unspecified atom stereocenters. The second-order valence-electron chi connectivity index (χ2n) is 7.69. The molecule has 25 heavy (non-hydrogen) atoms. The van der Waals surface area contributed by atoms with Crippen molar-refractivity contribution in [1.82, 2.24) is 0 Å². The van der Waals surface area contributed by atoms with Gasteiger partial charge in [0.05, 0.1) is 0 Å². The zero-order chi connectivity index (χ0) is 18.6. The van der Waals surface area contributed by atoms with Crippen LogP contribution in [0.1, 0.15) is 130 Å². The van der Waals surface area contributed by atoms with Crippen LogP contribution in [0.2, 0.25) is 0 Å². The highest BCUT2D eigenvalue weighted by atomic mass is 16.1. The number of unbranched alkanes of at least 4 members (excludes halogenated alkanes) is 11. The molecule has 0 aromatic rings. The van der Waals surface area contributed by atoms with Gasteiger partial charge in [-0.1, -0.05) is 90.7 Å². The first kappa shape index (κ1) is 24.4. The Kier molecular flexibility index (Phi) is 19.3. The maximum atomic E-state index is 12.1. The number of ketones is 1. The molecule has 0 aliphatic rings. The summed E-state index contributed by atoms with van der Waals surface area (Å²) in [6, 6.07) is 0. The van der Waals surface area contributed by atoms with Gasteiger partial charge in [-0.3, -0.25) is 4.79 Å². The number of carbonyl (C=O) groups is 1. The zero-order valence-corrected chi connectivity index (χ0v) is 17.7. The molecule has 0 radical (unpaired) electrons. The van der Waals surface area contributed by atoms with E-state index in [2.05, 4.69) is 32.9 Å². The van der Waals surface area contributed by atoms with Gasteiger partial charge in [-0.2, -0.15) is 0 Å². The fraction of sp³-hybridized carbons (Fsp3) is 0.875. The third-order valence-electron chi connectivity index (χ3n) is 5.27. The molecule has 0 spiro atoms. The molecule has 1 heteroatoms. The van der Waals surface area contributed by atoms with Crippen LogP contribution in [0.15, 0.2) is 12.2 Å². The highest BCUT2D eigenvalue weighted by molar-refractivity contribution is 5.80. The molecule has 0 aromatic carbocycles. The lowest BCUT2D eigenvalue weighted by molar-refractivity contribution is -0.123. The van der Waals surface area contributed by atoms with Crippen molar-refractivity contribution in [2.45, 2.75) is 130 Å². The van der Waals surface area contributed by atoms with E-state index in [1.54, 1.807) is 0 Å². The average Bonchev–Trinajstić information content (AvgIpc) is 2.62. The maximum absolute atomic E-state index is 12.1. The molecule has 0 amide bonds. The topological polar surface area (TPSA) is 17.1 Å². The van der Waals surface area contributed by atoms with E-state index in [4.69, 9.17) is 0 Å². The molecule has 0 saturated heterocycles. The van der Waals surface area contributed by atoms with Gasteiger partial charge in [-0.25, -0.2) is 0 Å². The number of carbonyl (C=O) groups excluding carboxylic acids is 1. The van der Waals surface area contributed by atoms with E-state index in [1.807, 2.05) is 0 Å². The molecule has 0 heterocycles. The van der Waals surface area contributed by atoms with E-state index in [-0.39, 0.29) is 0 Å². The Morgan fingerprint density at radius 1 is 0.680 bits per heavy atom. The third-order valence-corrected chi connectivity index (χ3v) is 5.27. The predicted octanol–water partition coefficient (Wildman–Crippen LogP) is 8.42. The summed E-state index contributed by atoms with van der Waals surface area (Å²) in [5.41, 5.74) is 0. The van der Waals surface area contributed by atoms with Crippen molar-refractivity contribution < 1.29 is 4.79 Å². The third kappa shape index (κ3) is 16.6. The number of hydrogen-bond acceptors (Lipinski definition) is 1. The molecule has 0 saturated carbocycles. The normalized spacial score (nSPS) is 12.8. The van der Waals surface area contributed by atoms with Gasteiger partial charge in [0.15, 0.2) is 0 Å². The van der Waals surface area contributed by atoms with Gasteiger partial charge in [0.2, 0.25) is 0 Å². The Labute approximate surface area is 159 Å². The van der Waals surface area contributed by atoms with Crippen LogP contribution in [0.4, 0.5) is 0 Å². The molecular formula is C24H46O. The Morgan fingerprint density at radius 2 is 1.20 bits per heavy atom. The molecule has 0 N–H and O–H groups in total. The van der Waals surface area contributed by atoms with Gasteiger partial charge in [-0.15, -0.1) is 0 Å². The first-order chi connectivity index (χ1) is 12.3. The Morgan fingerprint density at radius 3 is 1.72 bits per heavy atom. The lowest BCUT2D eigenvalue weighted by Crippen LogP contribution is -2.13. The summed E-state index contributed by atoms with van der Waals surface area (Å²) in [6.45, 7) is 6.60. The summed E-state index contributed by atoms with van der Waals surface area (Å²) >= 11 is 0. The van der Waals surface area contributed by atoms with Crippen LogP contribution in [0.3, 0.4) is 0 Å². The smallest absolute Gasteiger partial charge is 0.135 e. The molecule has 1 nitrogen and oxygen atoms in total. The van der Waals surface area contributed by atoms with Crippen molar-refractivity contribution in [3.63, 3.8) is 0 Å². The van der Waals surface area contributed by atoms with Crippen molar-refractivity contribution in [3.05, 3.63) is 12.2 Å². The van der Waals surface area contributed by atoms with E-state index in [0.29, 0.717) is 11.7 Å². The highest BCUT2D eigenvalue weighted by Crippen LogP contribution is 2.16. The number of Topliss-reactive ketones (excluding diaryl/α,β-unsaturated/α-hetero) is 1. The van der Waals surface area contributed by atoms with Gasteiger partial charge in [0.25, 0.3) is 0 Å². The van der Waals surface area contributed by atoms with Crippen LogP contribution >= 0.6 is 0 Å². The summed E-state index contributed by atoms with van der Waals surface area (Å²) in [6.07, 6.45) is 26.0. The van der Waals surface area contributed by atoms with Crippen LogP contribution in [-0.2, 0) is 4.79 Å². The minimum absolute atomic E-state index is 0.335. The van der Waals surface area contributed by atoms with Gasteiger partial charge in [-0.05, 0) is 44.9 Å². The van der Waals surface area contributed by atoms with Crippen LogP contribution in [0.5, 0.6) is 0 Å². The minimum atomic E-state index is 0.335. The minimum Gasteiger partial charge on any atom is -0.299 e. The lowest BCUT2D eigenvalue weighted by Gasteiger charge is -2.12. The predicted molar refractivity (Wildman–Crippen MR) is 113 cm³/mol. The van der Waals surface area contributed by atoms with Crippen LogP contribution in [0.25, 0.3) is 0 Å². The first-order valence-electron chi connectivity index (χ1n) is 11.4. The Bertz CT molecular complexity index is 305. The Balaban J connectivity index is 3.33. The van der Waals surface area contributed by atoms with E-state index < -0.39 is 0 Å². The maximum Gasteiger partial charge on any atom is 0.135 e. The van der Waals surface area contributed by atoms with Crippen molar-refractivity contribution in [2.75, 3.05) is 0 Å². The second kappa shape index (κ2) is 19.7. The standard InChI is InChI=1S/C24H46O/c1-4-7-8-9-10-11-12-13-14-15-16-17-18-19-20-22-24(25)23(6-3)21-5-2/h13-14,23H,4-12,15-22H2,1-3H3/b14-13+. The molecule has 0 aliphatic heterocycles. The number of hydrogen-bond donors (Lipinski definition) is 0.